The molecule has 1 unspecified atom stereocenters. The molecule has 0 aliphatic carbocycles. The Hall–Kier alpha value is -2.86. The summed E-state index contributed by atoms with van der Waals surface area (Å²) in [6, 6.07) is 15.5. The van der Waals surface area contributed by atoms with E-state index < -0.39 is 0 Å². The van der Waals surface area contributed by atoms with Gasteiger partial charge in [0.2, 0.25) is 0 Å². The van der Waals surface area contributed by atoms with Crippen LogP contribution < -0.4 is 15.0 Å². The molecule has 0 saturated carbocycles. The van der Waals surface area contributed by atoms with Crippen LogP contribution in [-0.4, -0.2) is 45.2 Å². The number of fused-ring (bicyclic) bond motifs is 1. The first-order valence-electron chi connectivity index (χ1n) is 9.50. The highest BCUT2D eigenvalue weighted by atomic mass is 16.5. The van der Waals surface area contributed by atoms with E-state index in [9.17, 15) is 9.59 Å². The zero-order chi connectivity index (χ0) is 19.9. The Morgan fingerprint density at radius 2 is 1.79 bits per heavy atom. The van der Waals surface area contributed by atoms with Gasteiger partial charge in [-0.1, -0.05) is 42.5 Å². The SMILES string of the molecule is COC(=O)[C@H]1Cc2ccccc2C[NH+]1CC(=O)NCCc1ccccc1OC. The molecule has 0 fully saturated rings. The zero-order valence-electron chi connectivity index (χ0n) is 16.4. The van der Waals surface area contributed by atoms with Gasteiger partial charge < -0.3 is 19.7 Å². The van der Waals surface area contributed by atoms with Gasteiger partial charge in [-0.2, -0.15) is 0 Å². The predicted molar refractivity (Wildman–Crippen MR) is 105 cm³/mol. The monoisotopic (exact) mass is 383 g/mol. The maximum absolute atomic E-state index is 12.5. The lowest BCUT2D eigenvalue weighted by molar-refractivity contribution is -0.924. The number of para-hydroxylation sites is 1. The molecule has 1 aliphatic heterocycles. The summed E-state index contributed by atoms with van der Waals surface area (Å²) in [5.41, 5.74) is 3.38. The van der Waals surface area contributed by atoms with E-state index in [1.54, 1.807) is 7.11 Å². The van der Waals surface area contributed by atoms with Crippen molar-refractivity contribution in [3.63, 3.8) is 0 Å². The second kappa shape index (κ2) is 9.37. The number of carbonyl (C=O) groups excluding carboxylic acids is 2. The van der Waals surface area contributed by atoms with Gasteiger partial charge in [-0.3, -0.25) is 4.79 Å². The van der Waals surface area contributed by atoms with Crippen LogP contribution >= 0.6 is 0 Å². The van der Waals surface area contributed by atoms with Crippen LogP contribution in [0.25, 0.3) is 0 Å². The minimum atomic E-state index is -0.361. The summed E-state index contributed by atoms with van der Waals surface area (Å²) in [5, 5.41) is 2.96. The lowest BCUT2D eigenvalue weighted by Crippen LogP contribution is -3.17. The van der Waals surface area contributed by atoms with Crippen molar-refractivity contribution in [1.29, 1.82) is 0 Å². The Kier molecular flexibility index (Phi) is 6.66. The summed E-state index contributed by atoms with van der Waals surface area (Å²) in [6.45, 7) is 1.39. The topological polar surface area (TPSA) is 69.1 Å². The number of esters is 1. The van der Waals surface area contributed by atoms with E-state index in [0.717, 1.165) is 21.8 Å². The Balaban J connectivity index is 1.59. The fourth-order valence-electron chi connectivity index (χ4n) is 3.75. The quantitative estimate of drug-likeness (QED) is 0.685. The molecule has 1 heterocycles. The summed E-state index contributed by atoms with van der Waals surface area (Å²) in [5.74, 6) is 0.477. The molecule has 0 radical (unpaired) electrons. The minimum Gasteiger partial charge on any atom is -0.496 e. The van der Waals surface area contributed by atoms with Gasteiger partial charge in [-0.25, -0.2) is 4.79 Å². The molecule has 2 N–H and O–H groups in total. The molecule has 28 heavy (non-hydrogen) atoms. The second-order valence-corrected chi connectivity index (χ2v) is 6.97. The third-order valence-corrected chi connectivity index (χ3v) is 5.24. The van der Waals surface area contributed by atoms with E-state index in [2.05, 4.69) is 11.4 Å². The van der Waals surface area contributed by atoms with Crippen LogP contribution in [0.1, 0.15) is 16.7 Å². The second-order valence-electron chi connectivity index (χ2n) is 6.97. The van der Waals surface area contributed by atoms with Crippen LogP contribution in [-0.2, 0) is 33.7 Å². The summed E-state index contributed by atoms with van der Waals surface area (Å²) in [6.07, 6.45) is 1.28. The number of nitrogens with one attached hydrogen (secondary N) is 2. The van der Waals surface area contributed by atoms with E-state index in [-0.39, 0.29) is 24.5 Å². The Labute approximate surface area is 165 Å². The lowest BCUT2D eigenvalue weighted by Gasteiger charge is -2.31. The number of benzene rings is 2. The Bertz CT molecular complexity index is 837. The molecular weight excluding hydrogens is 356 g/mol. The number of amides is 1. The third kappa shape index (κ3) is 4.70. The first-order valence-corrected chi connectivity index (χ1v) is 9.50. The van der Waals surface area contributed by atoms with E-state index in [1.807, 2.05) is 42.5 Å². The molecule has 6 nitrogen and oxygen atoms in total. The molecule has 2 aromatic rings. The molecule has 2 atom stereocenters. The zero-order valence-corrected chi connectivity index (χ0v) is 16.4. The maximum atomic E-state index is 12.5. The first-order chi connectivity index (χ1) is 13.6. The van der Waals surface area contributed by atoms with Gasteiger partial charge in [0.25, 0.3) is 5.91 Å². The van der Waals surface area contributed by atoms with Gasteiger partial charge in [0.1, 0.15) is 12.3 Å². The van der Waals surface area contributed by atoms with Crippen molar-refractivity contribution in [2.75, 3.05) is 27.3 Å². The number of ether oxygens (including phenoxy) is 2. The molecular formula is C22H27N2O4+. The molecule has 1 amide bonds. The largest absolute Gasteiger partial charge is 0.496 e. The lowest BCUT2D eigenvalue weighted by atomic mass is 9.94. The molecule has 0 saturated heterocycles. The molecule has 6 heteroatoms. The van der Waals surface area contributed by atoms with Gasteiger partial charge in [0.05, 0.1) is 14.2 Å². The van der Waals surface area contributed by atoms with Crippen LogP contribution in [0.2, 0.25) is 0 Å². The predicted octanol–water partition coefficient (Wildman–Crippen LogP) is 0.537. The van der Waals surface area contributed by atoms with Crippen molar-refractivity contribution >= 4 is 11.9 Å². The van der Waals surface area contributed by atoms with Crippen LogP contribution in [0.4, 0.5) is 0 Å². The fraction of sp³-hybridized carbons (Fsp3) is 0.364. The number of hydrogen-bond donors (Lipinski definition) is 2. The molecule has 2 aromatic carbocycles. The summed E-state index contributed by atoms with van der Waals surface area (Å²) < 4.78 is 10.3. The van der Waals surface area contributed by atoms with Crippen molar-refractivity contribution < 1.29 is 24.0 Å². The normalized spacial score (nSPS) is 18.1. The standard InChI is InChI=1S/C22H26N2O4/c1-27-20-10-6-5-7-16(20)11-12-23-21(25)15-24-14-18-9-4-3-8-17(18)13-19(24)22(26)28-2/h3-10,19H,11-15H2,1-2H3,(H,23,25)/p+1/t19-/m1/s1. The molecule has 148 valence electrons. The van der Waals surface area contributed by atoms with E-state index in [4.69, 9.17) is 9.47 Å². The number of rotatable bonds is 7. The molecule has 3 rings (SSSR count). The number of methoxy groups -OCH3 is 2. The molecule has 0 aromatic heterocycles. The number of quaternary nitrogens is 1. The van der Waals surface area contributed by atoms with E-state index >= 15 is 0 Å². The van der Waals surface area contributed by atoms with E-state index in [0.29, 0.717) is 25.9 Å². The number of hydrogen-bond acceptors (Lipinski definition) is 4. The van der Waals surface area contributed by atoms with Crippen molar-refractivity contribution in [1.82, 2.24) is 5.32 Å². The van der Waals surface area contributed by atoms with Crippen LogP contribution in [0, 0.1) is 0 Å². The van der Waals surface area contributed by atoms with E-state index in [1.165, 1.54) is 12.7 Å². The van der Waals surface area contributed by atoms with Crippen molar-refractivity contribution in [3.8, 4) is 5.75 Å². The van der Waals surface area contributed by atoms with Crippen LogP contribution in [0.15, 0.2) is 48.5 Å². The van der Waals surface area contributed by atoms with Gasteiger partial charge in [0, 0.05) is 18.5 Å². The smallest absolute Gasteiger partial charge is 0.365 e. The highest BCUT2D eigenvalue weighted by molar-refractivity contribution is 5.78. The summed E-state index contributed by atoms with van der Waals surface area (Å²) >= 11 is 0. The Morgan fingerprint density at radius 3 is 2.54 bits per heavy atom. The van der Waals surface area contributed by atoms with Crippen LogP contribution in [0.5, 0.6) is 5.75 Å². The van der Waals surface area contributed by atoms with Gasteiger partial charge >= 0.3 is 5.97 Å². The first kappa shape index (κ1) is 19.9. The Morgan fingerprint density at radius 1 is 1.07 bits per heavy atom. The van der Waals surface area contributed by atoms with Crippen molar-refractivity contribution in [3.05, 3.63) is 65.2 Å². The van der Waals surface area contributed by atoms with Crippen molar-refractivity contribution in [2.45, 2.75) is 25.4 Å². The minimum absolute atomic E-state index is 0.0711. The third-order valence-electron chi connectivity index (χ3n) is 5.24. The highest BCUT2D eigenvalue weighted by Gasteiger charge is 2.36. The summed E-state index contributed by atoms with van der Waals surface area (Å²) in [7, 11) is 3.04. The van der Waals surface area contributed by atoms with Crippen LogP contribution in [0.3, 0.4) is 0 Å². The number of carbonyl (C=O) groups is 2. The van der Waals surface area contributed by atoms with Gasteiger partial charge in [-0.15, -0.1) is 0 Å². The summed E-state index contributed by atoms with van der Waals surface area (Å²) in [4.78, 5) is 25.7. The average Bonchev–Trinajstić information content (AvgIpc) is 2.73. The van der Waals surface area contributed by atoms with Crippen molar-refractivity contribution in [2.24, 2.45) is 0 Å². The maximum Gasteiger partial charge on any atom is 0.365 e. The molecule has 1 aliphatic rings. The molecule has 0 bridgehead atoms. The van der Waals surface area contributed by atoms with Gasteiger partial charge in [0.15, 0.2) is 12.6 Å². The molecule has 0 spiro atoms. The average molecular weight is 383 g/mol. The fourth-order valence-corrected chi connectivity index (χ4v) is 3.75. The van der Waals surface area contributed by atoms with Gasteiger partial charge in [-0.05, 0) is 23.6 Å². The highest BCUT2D eigenvalue weighted by Crippen LogP contribution is 2.17.